The number of esters is 2. The van der Waals surface area contributed by atoms with Crippen LogP contribution in [0.3, 0.4) is 0 Å². The predicted molar refractivity (Wildman–Crippen MR) is 157 cm³/mol. The molecule has 0 bridgehead atoms. The van der Waals surface area contributed by atoms with E-state index in [2.05, 4.69) is 9.47 Å². The van der Waals surface area contributed by atoms with Gasteiger partial charge in [0.25, 0.3) is 0 Å². The zero-order valence-corrected chi connectivity index (χ0v) is 26.8. The molecule has 0 atom stereocenters. The molecule has 0 fully saturated rings. The van der Waals surface area contributed by atoms with Gasteiger partial charge in [0, 0.05) is 24.8 Å². The molecular formula is C34H36F4O6Ti. The van der Waals surface area contributed by atoms with Gasteiger partial charge in [0.1, 0.15) is 13.2 Å². The van der Waals surface area contributed by atoms with E-state index in [9.17, 15) is 27.2 Å². The maximum Gasteiger partial charge on any atom is 4.00 e. The molecule has 0 aliphatic rings. The van der Waals surface area contributed by atoms with Gasteiger partial charge in [-0.3, -0.25) is 9.59 Å². The van der Waals surface area contributed by atoms with Gasteiger partial charge in [-0.2, -0.15) is 36.4 Å². The van der Waals surface area contributed by atoms with Crippen LogP contribution in [0.2, 0.25) is 0 Å². The molecule has 0 N–H and O–H groups in total. The largest absolute Gasteiger partial charge is 4.00 e. The molecule has 0 amide bonds. The molecule has 4 rings (SSSR count). The Morgan fingerprint density at radius 1 is 0.644 bits per heavy atom. The van der Waals surface area contributed by atoms with Gasteiger partial charge < -0.3 is 18.9 Å². The van der Waals surface area contributed by atoms with Crippen molar-refractivity contribution in [3.05, 3.63) is 120 Å². The molecule has 4 aromatic carbocycles. The van der Waals surface area contributed by atoms with Crippen LogP contribution in [0, 0.1) is 35.4 Å². The minimum absolute atomic E-state index is 0. The number of unbranched alkanes of at least 4 members (excludes halogenated alkanes) is 2. The Morgan fingerprint density at radius 2 is 1.00 bits per heavy atom. The molecule has 0 heterocycles. The Morgan fingerprint density at radius 3 is 1.27 bits per heavy atom. The van der Waals surface area contributed by atoms with Crippen LogP contribution < -0.4 is 9.47 Å². The molecule has 240 valence electrons. The van der Waals surface area contributed by atoms with E-state index in [0.717, 1.165) is 49.9 Å². The Kier molecular flexibility index (Phi) is 24.7. The molecule has 0 aromatic heterocycles. The average Bonchev–Trinajstić information content (AvgIpc) is 3.77. The van der Waals surface area contributed by atoms with Gasteiger partial charge in [-0.25, -0.2) is 41.8 Å². The summed E-state index contributed by atoms with van der Waals surface area (Å²) in [5, 5.41) is 0. The number of benzene rings is 2. The smallest absolute Gasteiger partial charge is 0.486 e. The zero-order valence-electron chi connectivity index (χ0n) is 25.2. The van der Waals surface area contributed by atoms with Gasteiger partial charge in [-0.1, -0.05) is 26.7 Å². The molecule has 11 heteroatoms. The molecule has 0 unspecified atom stereocenters. The molecule has 45 heavy (non-hydrogen) atoms. The van der Waals surface area contributed by atoms with Crippen molar-refractivity contribution in [3.63, 3.8) is 0 Å². The van der Waals surface area contributed by atoms with E-state index < -0.39 is 35.2 Å². The Balaban J connectivity index is 0.000000644. The van der Waals surface area contributed by atoms with Crippen molar-refractivity contribution in [1.82, 2.24) is 0 Å². The average molecular weight is 665 g/mol. The summed E-state index contributed by atoms with van der Waals surface area (Å²) >= 11 is 0. The molecular weight excluding hydrogens is 628 g/mol. The van der Waals surface area contributed by atoms with Gasteiger partial charge in [0.15, 0.2) is 0 Å². The first-order chi connectivity index (χ1) is 21.3. The summed E-state index contributed by atoms with van der Waals surface area (Å²) in [5.74, 6) is -5.91. The summed E-state index contributed by atoms with van der Waals surface area (Å²) in [5.41, 5.74) is 0. The monoisotopic (exact) mass is 664 g/mol. The van der Waals surface area contributed by atoms with Crippen LogP contribution in [0.5, 0.6) is 11.5 Å². The Labute approximate surface area is 276 Å². The number of ether oxygens (including phenoxy) is 4. The second-order valence-corrected chi connectivity index (χ2v) is 8.65. The minimum atomic E-state index is -1.04. The fourth-order valence-corrected chi connectivity index (χ4v) is 2.77. The van der Waals surface area contributed by atoms with Crippen LogP contribution >= 0.6 is 0 Å². The molecule has 0 aliphatic carbocycles. The SMILES string of the molecule is CCCCOCC(=O)Oc1ccc(F)[c-]c1F.CCCCOCC(=O)Oc1ccc(F)[c-]c1F.[Ti+4].c1cc[cH-]c1.c1cc[cH-]c1. The van der Waals surface area contributed by atoms with E-state index in [1.54, 1.807) is 12.1 Å². The van der Waals surface area contributed by atoms with Crippen LogP contribution in [-0.2, 0) is 40.8 Å². The summed E-state index contributed by atoms with van der Waals surface area (Å²) in [7, 11) is 0. The first-order valence-corrected chi connectivity index (χ1v) is 13.9. The van der Waals surface area contributed by atoms with Crippen LogP contribution in [0.15, 0.2) is 84.9 Å². The number of hydrogen-bond acceptors (Lipinski definition) is 6. The van der Waals surface area contributed by atoms with Crippen LogP contribution in [-0.4, -0.2) is 38.4 Å². The topological polar surface area (TPSA) is 71.1 Å². The van der Waals surface area contributed by atoms with Crippen LogP contribution in [0.1, 0.15) is 39.5 Å². The fourth-order valence-electron chi connectivity index (χ4n) is 2.77. The minimum Gasteiger partial charge on any atom is -0.486 e. The fraction of sp³-hybridized carbons (Fsp3) is 0.294. The van der Waals surface area contributed by atoms with Gasteiger partial charge in [0.05, 0.1) is 23.1 Å². The molecule has 0 aliphatic heterocycles. The zero-order chi connectivity index (χ0) is 32.4. The van der Waals surface area contributed by atoms with E-state index in [-0.39, 0.29) is 46.4 Å². The molecule has 0 saturated carbocycles. The van der Waals surface area contributed by atoms with E-state index in [0.29, 0.717) is 13.2 Å². The van der Waals surface area contributed by atoms with E-state index in [1.807, 2.05) is 74.5 Å². The summed E-state index contributed by atoms with van der Waals surface area (Å²) in [6, 6.07) is 27.5. The molecule has 0 radical (unpaired) electrons. The van der Waals surface area contributed by atoms with E-state index >= 15 is 0 Å². The number of rotatable bonds is 12. The van der Waals surface area contributed by atoms with Gasteiger partial charge in [0.2, 0.25) is 0 Å². The second-order valence-electron chi connectivity index (χ2n) is 8.65. The van der Waals surface area contributed by atoms with Crippen molar-refractivity contribution >= 4 is 11.9 Å². The summed E-state index contributed by atoms with van der Waals surface area (Å²) in [4.78, 5) is 22.4. The van der Waals surface area contributed by atoms with Crippen molar-refractivity contribution in [3.8, 4) is 11.5 Å². The third-order valence-corrected chi connectivity index (χ3v) is 4.94. The van der Waals surface area contributed by atoms with Gasteiger partial charge in [-0.15, -0.1) is 36.4 Å². The number of hydrogen-bond donors (Lipinski definition) is 0. The van der Waals surface area contributed by atoms with Crippen LogP contribution in [0.4, 0.5) is 17.6 Å². The third kappa shape index (κ3) is 21.7. The van der Waals surface area contributed by atoms with Crippen LogP contribution in [0.25, 0.3) is 0 Å². The standard InChI is InChI=1S/2C12H13F2O3.2C5H5.Ti/c2*1-2-3-6-16-8-12(15)17-11-5-4-9(13)7-10(11)14;2*1-2-4-5-3-1;/h2*4-5H,2-3,6,8H2,1H3;2*1-5H;/q4*-1;+4. The molecule has 4 aromatic rings. The predicted octanol–water partition coefficient (Wildman–Crippen LogP) is 7.78. The number of halogens is 4. The van der Waals surface area contributed by atoms with Crippen molar-refractivity contribution in [1.29, 1.82) is 0 Å². The molecule has 0 saturated heterocycles. The maximum absolute atomic E-state index is 13.0. The molecule has 0 spiro atoms. The molecule has 6 nitrogen and oxygen atoms in total. The summed E-state index contributed by atoms with van der Waals surface area (Å²) < 4.78 is 70.4. The Hall–Kier alpha value is -3.57. The second kappa shape index (κ2) is 26.8. The third-order valence-electron chi connectivity index (χ3n) is 4.94. The van der Waals surface area contributed by atoms with Crippen molar-refractivity contribution < 1.29 is 67.8 Å². The normalized spacial score (nSPS) is 9.56. The van der Waals surface area contributed by atoms with Crippen molar-refractivity contribution in [2.45, 2.75) is 39.5 Å². The van der Waals surface area contributed by atoms with Crippen molar-refractivity contribution in [2.75, 3.05) is 26.4 Å². The van der Waals surface area contributed by atoms with Crippen molar-refractivity contribution in [2.24, 2.45) is 0 Å². The van der Waals surface area contributed by atoms with E-state index in [4.69, 9.17) is 9.47 Å². The summed E-state index contributed by atoms with van der Waals surface area (Å²) in [6.07, 6.45) is 3.59. The first-order valence-electron chi connectivity index (χ1n) is 13.9. The first kappa shape index (κ1) is 41.4. The van der Waals surface area contributed by atoms with E-state index in [1.165, 1.54) is 0 Å². The van der Waals surface area contributed by atoms with Gasteiger partial charge >= 0.3 is 33.7 Å². The number of carbonyl (C=O) groups is 2. The number of carbonyl (C=O) groups excluding carboxylic acids is 2. The summed E-state index contributed by atoms with van der Waals surface area (Å²) in [6.45, 7) is 4.37. The van der Waals surface area contributed by atoms with Gasteiger partial charge in [-0.05, 0) is 12.8 Å². The Bertz CT molecular complexity index is 1150. The maximum atomic E-state index is 13.0. The quantitative estimate of drug-likeness (QED) is 0.0385.